The van der Waals surface area contributed by atoms with Gasteiger partial charge in [-0.2, -0.15) is 0 Å². The van der Waals surface area contributed by atoms with Crippen LogP contribution in [0.4, 0.5) is 0 Å². The maximum atomic E-state index is 12.9. The van der Waals surface area contributed by atoms with Crippen LogP contribution >= 0.6 is 0 Å². The number of carboxylic acid groups (broad SMARTS) is 1. The molecule has 1 amide bonds. The predicted molar refractivity (Wildman–Crippen MR) is 90.3 cm³/mol. The molecule has 0 spiro atoms. The number of fused-ring (bicyclic) bond motifs is 1. The monoisotopic (exact) mass is 341 g/mol. The van der Waals surface area contributed by atoms with E-state index in [0.29, 0.717) is 23.6 Å². The van der Waals surface area contributed by atoms with Crippen LogP contribution in [0.3, 0.4) is 0 Å². The molecule has 3 rings (SSSR count). The van der Waals surface area contributed by atoms with Gasteiger partial charge < -0.3 is 19.7 Å². The minimum absolute atomic E-state index is 0.183. The zero-order chi connectivity index (χ0) is 18.0. The van der Waals surface area contributed by atoms with E-state index in [0.717, 1.165) is 11.3 Å². The number of carbonyl (C=O) groups excluding carboxylic acids is 1. The van der Waals surface area contributed by atoms with Gasteiger partial charge in [-0.05, 0) is 30.7 Å². The summed E-state index contributed by atoms with van der Waals surface area (Å²) in [5.41, 5.74) is 2.70. The van der Waals surface area contributed by atoms with Crippen molar-refractivity contribution >= 4 is 11.9 Å². The van der Waals surface area contributed by atoms with Crippen molar-refractivity contribution < 1.29 is 19.4 Å². The first-order valence-corrected chi connectivity index (χ1v) is 7.88. The summed E-state index contributed by atoms with van der Waals surface area (Å²) in [5.74, 6) is -0.856. The molecule has 7 heteroatoms. The van der Waals surface area contributed by atoms with Crippen molar-refractivity contribution in [1.29, 1.82) is 0 Å². The van der Waals surface area contributed by atoms with Crippen molar-refractivity contribution in [2.45, 2.75) is 25.9 Å². The molecule has 0 bridgehead atoms. The lowest BCUT2D eigenvalue weighted by molar-refractivity contribution is -0.142. The number of carbonyl (C=O) groups is 2. The summed E-state index contributed by atoms with van der Waals surface area (Å²) in [7, 11) is 0. The zero-order valence-electron chi connectivity index (χ0n) is 13.9. The Kier molecular flexibility index (Phi) is 4.56. The number of hydrogen-bond acceptors (Lipinski definition) is 4. The molecule has 2 aromatic rings. The lowest BCUT2D eigenvalue weighted by Crippen LogP contribution is -2.48. The van der Waals surface area contributed by atoms with Crippen molar-refractivity contribution in [3.8, 4) is 5.75 Å². The highest BCUT2D eigenvalue weighted by molar-refractivity contribution is 5.97. The van der Waals surface area contributed by atoms with E-state index in [-0.39, 0.29) is 18.9 Å². The van der Waals surface area contributed by atoms with Crippen molar-refractivity contribution in [2.75, 3.05) is 6.61 Å². The molecular weight excluding hydrogens is 322 g/mol. The summed E-state index contributed by atoms with van der Waals surface area (Å²) in [4.78, 5) is 32.9. The maximum Gasteiger partial charge on any atom is 0.326 e. The van der Waals surface area contributed by atoms with Gasteiger partial charge in [-0.3, -0.25) is 4.79 Å². The number of imidazole rings is 1. The SMILES string of the molecule is C=C(C)COc1cccc(C(=O)N2Cc3[nH]cnc3CC2C(=O)O)c1. The summed E-state index contributed by atoms with van der Waals surface area (Å²) in [6, 6.07) is 5.78. The fourth-order valence-corrected chi connectivity index (χ4v) is 2.76. The first-order chi connectivity index (χ1) is 12.0. The molecule has 0 saturated carbocycles. The normalized spacial score (nSPS) is 16.2. The van der Waals surface area contributed by atoms with E-state index in [4.69, 9.17) is 4.74 Å². The van der Waals surface area contributed by atoms with Crippen LogP contribution in [0.5, 0.6) is 5.75 Å². The molecule has 1 aliphatic heterocycles. The highest BCUT2D eigenvalue weighted by atomic mass is 16.5. The van der Waals surface area contributed by atoms with Gasteiger partial charge in [0.2, 0.25) is 0 Å². The van der Waals surface area contributed by atoms with E-state index in [1.807, 2.05) is 6.92 Å². The smallest absolute Gasteiger partial charge is 0.326 e. The van der Waals surface area contributed by atoms with Crippen LogP contribution in [-0.4, -0.2) is 44.5 Å². The topological polar surface area (TPSA) is 95.5 Å². The molecule has 1 unspecified atom stereocenters. The van der Waals surface area contributed by atoms with Gasteiger partial charge in [0, 0.05) is 12.0 Å². The molecular formula is C18H19N3O4. The van der Waals surface area contributed by atoms with Crippen LogP contribution in [0.15, 0.2) is 42.7 Å². The summed E-state index contributed by atoms with van der Waals surface area (Å²) < 4.78 is 5.56. The van der Waals surface area contributed by atoms with Crippen molar-refractivity contribution in [3.63, 3.8) is 0 Å². The summed E-state index contributed by atoms with van der Waals surface area (Å²) >= 11 is 0. The first-order valence-electron chi connectivity index (χ1n) is 7.88. The highest BCUT2D eigenvalue weighted by Gasteiger charge is 2.36. The summed E-state index contributed by atoms with van der Waals surface area (Å²) in [6.45, 7) is 6.16. The first kappa shape index (κ1) is 16.8. The van der Waals surface area contributed by atoms with E-state index < -0.39 is 12.0 Å². The minimum Gasteiger partial charge on any atom is -0.489 e. The highest BCUT2D eigenvalue weighted by Crippen LogP contribution is 2.24. The summed E-state index contributed by atoms with van der Waals surface area (Å²) in [6.07, 6.45) is 1.70. The van der Waals surface area contributed by atoms with E-state index in [1.165, 1.54) is 11.2 Å². The Balaban J connectivity index is 1.85. The molecule has 2 heterocycles. The number of aromatic amines is 1. The zero-order valence-corrected chi connectivity index (χ0v) is 13.9. The number of hydrogen-bond donors (Lipinski definition) is 2. The Morgan fingerprint density at radius 3 is 3.00 bits per heavy atom. The van der Waals surface area contributed by atoms with E-state index >= 15 is 0 Å². The average molecular weight is 341 g/mol. The maximum absolute atomic E-state index is 12.9. The number of H-pyrrole nitrogens is 1. The number of nitrogens with one attached hydrogen (secondary N) is 1. The molecule has 2 N–H and O–H groups in total. The number of benzene rings is 1. The van der Waals surface area contributed by atoms with Crippen LogP contribution in [0.25, 0.3) is 0 Å². The lowest BCUT2D eigenvalue weighted by atomic mass is 10.0. The van der Waals surface area contributed by atoms with Crippen molar-refractivity contribution in [3.05, 3.63) is 59.7 Å². The molecule has 0 fully saturated rings. The van der Waals surface area contributed by atoms with E-state index in [2.05, 4.69) is 16.5 Å². The summed E-state index contributed by atoms with van der Waals surface area (Å²) in [5, 5.41) is 9.50. The molecule has 25 heavy (non-hydrogen) atoms. The number of aliphatic carboxylic acids is 1. The third-order valence-electron chi connectivity index (χ3n) is 4.01. The number of ether oxygens (including phenoxy) is 1. The Hall–Kier alpha value is -3.09. The van der Waals surface area contributed by atoms with E-state index in [1.54, 1.807) is 24.3 Å². The van der Waals surface area contributed by atoms with Crippen LogP contribution in [0.1, 0.15) is 28.7 Å². The number of rotatable bonds is 5. The molecule has 7 nitrogen and oxygen atoms in total. The average Bonchev–Trinajstić information content (AvgIpc) is 3.06. The van der Waals surface area contributed by atoms with Gasteiger partial charge in [0.15, 0.2) is 0 Å². The third kappa shape index (κ3) is 3.55. The van der Waals surface area contributed by atoms with Gasteiger partial charge in [0.1, 0.15) is 18.4 Å². The van der Waals surface area contributed by atoms with Gasteiger partial charge in [-0.25, -0.2) is 9.78 Å². The van der Waals surface area contributed by atoms with Gasteiger partial charge in [-0.1, -0.05) is 12.6 Å². The van der Waals surface area contributed by atoms with Crippen molar-refractivity contribution in [2.24, 2.45) is 0 Å². The lowest BCUT2D eigenvalue weighted by Gasteiger charge is -2.32. The fraction of sp³-hybridized carbons (Fsp3) is 0.278. The third-order valence-corrected chi connectivity index (χ3v) is 4.01. The van der Waals surface area contributed by atoms with E-state index in [9.17, 15) is 14.7 Å². The molecule has 0 radical (unpaired) electrons. The van der Waals surface area contributed by atoms with Gasteiger partial charge in [0.05, 0.1) is 24.3 Å². The molecule has 1 atom stereocenters. The largest absolute Gasteiger partial charge is 0.489 e. The van der Waals surface area contributed by atoms with Crippen LogP contribution in [-0.2, 0) is 17.8 Å². The van der Waals surface area contributed by atoms with Gasteiger partial charge >= 0.3 is 5.97 Å². The molecule has 0 saturated heterocycles. The number of carboxylic acids is 1. The quantitative estimate of drug-likeness (QED) is 0.811. The standard InChI is InChI=1S/C18H19N3O4/c1-11(2)9-25-13-5-3-4-12(6-13)17(22)21-8-15-14(19-10-20-15)7-16(21)18(23)24/h3-6,10,16H,1,7-9H2,2H3,(H,19,20)(H,23,24). The van der Waals surface area contributed by atoms with Crippen LogP contribution in [0, 0.1) is 0 Å². The second-order valence-electron chi connectivity index (χ2n) is 6.09. The minimum atomic E-state index is -1.04. The number of amides is 1. The Morgan fingerprint density at radius 2 is 2.28 bits per heavy atom. The molecule has 1 aromatic heterocycles. The Morgan fingerprint density at radius 1 is 1.48 bits per heavy atom. The molecule has 1 aromatic carbocycles. The molecule has 130 valence electrons. The second kappa shape index (κ2) is 6.80. The fourth-order valence-electron chi connectivity index (χ4n) is 2.76. The van der Waals surface area contributed by atoms with Gasteiger partial charge in [0.25, 0.3) is 5.91 Å². The Bertz CT molecular complexity index is 827. The van der Waals surface area contributed by atoms with Crippen LogP contribution in [0.2, 0.25) is 0 Å². The number of nitrogens with zero attached hydrogens (tertiary/aromatic N) is 2. The van der Waals surface area contributed by atoms with Gasteiger partial charge in [-0.15, -0.1) is 0 Å². The second-order valence-corrected chi connectivity index (χ2v) is 6.09. The molecule has 1 aliphatic rings. The van der Waals surface area contributed by atoms with Crippen LogP contribution < -0.4 is 4.74 Å². The Labute approximate surface area is 144 Å². The van der Waals surface area contributed by atoms with Crippen molar-refractivity contribution in [1.82, 2.24) is 14.9 Å². The number of aromatic nitrogens is 2. The predicted octanol–water partition coefficient (Wildman–Crippen LogP) is 2.02. The molecule has 0 aliphatic carbocycles.